The molecule has 0 radical (unpaired) electrons. The number of nitrogens with one attached hydrogen (secondary N) is 2. The monoisotopic (exact) mass is 467 g/mol. The number of aromatic nitrogens is 2. The predicted octanol–water partition coefficient (Wildman–Crippen LogP) is 5.72. The highest BCUT2D eigenvalue weighted by Crippen LogP contribution is 2.33. The van der Waals surface area contributed by atoms with Gasteiger partial charge in [0.1, 0.15) is 11.6 Å². The molecule has 1 fully saturated rings. The Labute approximate surface area is 207 Å². The van der Waals surface area contributed by atoms with E-state index < -0.39 is 0 Å². The summed E-state index contributed by atoms with van der Waals surface area (Å²) in [5.74, 6) is 2.32. The van der Waals surface area contributed by atoms with E-state index in [0.717, 1.165) is 84.8 Å². The average Bonchev–Trinajstić information content (AvgIpc) is 3.31. The predicted molar refractivity (Wildman–Crippen MR) is 139 cm³/mol. The summed E-state index contributed by atoms with van der Waals surface area (Å²) in [5.41, 5.74) is 6.98. The number of imidazole rings is 1. The van der Waals surface area contributed by atoms with E-state index in [0.29, 0.717) is 17.5 Å². The van der Waals surface area contributed by atoms with Gasteiger partial charge in [-0.15, -0.1) is 0 Å². The number of benzene rings is 2. The quantitative estimate of drug-likeness (QED) is 0.514. The second-order valence-corrected chi connectivity index (χ2v) is 9.98. The van der Waals surface area contributed by atoms with Crippen molar-refractivity contribution in [3.05, 3.63) is 69.9 Å². The van der Waals surface area contributed by atoms with Crippen molar-refractivity contribution in [3.63, 3.8) is 0 Å². The Balaban J connectivity index is 1.33. The number of piperidine rings is 1. The largest absolute Gasteiger partial charge is 0.366 e. The fourth-order valence-electron chi connectivity index (χ4n) is 5.48. The van der Waals surface area contributed by atoms with Gasteiger partial charge in [-0.05, 0) is 86.8 Å². The van der Waals surface area contributed by atoms with Crippen LogP contribution in [-0.4, -0.2) is 39.9 Å². The Morgan fingerprint density at radius 2 is 1.86 bits per heavy atom. The molecule has 6 heteroatoms. The average molecular weight is 468 g/mol. The first-order valence-corrected chi connectivity index (χ1v) is 12.7. The molecule has 1 amide bonds. The molecule has 2 aliphatic heterocycles. The molecule has 3 aromatic rings. The number of rotatable bonds is 4. The van der Waals surface area contributed by atoms with Crippen molar-refractivity contribution in [1.29, 1.82) is 5.26 Å². The van der Waals surface area contributed by atoms with Gasteiger partial charge in [-0.3, -0.25) is 4.79 Å². The van der Waals surface area contributed by atoms with Crippen molar-refractivity contribution >= 4 is 11.7 Å². The van der Waals surface area contributed by atoms with Crippen LogP contribution in [0.2, 0.25) is 0 Å². The zero-order chi connectivity index (χ0) is 24.5. The summed E-state index contributed by atoms with van der Waals surface area (Å²) >= 11 is 0. The van der Waals surface area contributed by atoms with Crippen LogP contribution >= 0.6 is 0 Å². The number of H-pyrrole nitrogens is 1. The lowest BCUT2D eigenvalue weighted by Gasteiger charge is -2.32. The molecule has 0 spiro atoms. The first-order chi connectivity index (χ1) is 17.0. The second-order valence-electron chi connectivity index (χ2n) is 9.98. The highest BCUT2D eigenvalue weighted by molar-refractivity contribution is 5.97. The van der Waals surface area contributed by atoms with E-state index in [-0.39, 0.29) is 5.91 Å². The molecule has 2 N–H and O–H groups in total. The maximum absolute atomic E-state index is 13.6. The molecule has 3 heterocycles. The summed E-state index contributed by atoms with van der Waals surface area (Å²) in [4.78, 5) is 23.9. The zero-order valence-corrected chi connectivity index (χ0v) is 20.8. The number of hydrogen-bond acceptors (Lipinski definition) is 4. The van der Waals surface area contributed by atoms with E-state index in [9.17, 15) is 4.79 Å². The topological polar surface area (TPSA) is 84.8 Å². The first kappa shape index (κ1) is 23.2. The molecule has 0 aliphatic carbocycles. The Bertz CT molecular complexity index is 1280. The molecule has 0 saturated carbocycles. The molecule has 35 heavy (non-hydrogen) atoms. The molecule has 180 valence electrons. The normalized spacial score (nSPS) is 18.0. The van der Waals surface area contributed by atoms with Crippen LogP contribution in [0.4, 0.5) is 5.82 Å². The van der Waals surface area contributed by atoms with Crippen LogP contribution in [0.3, 0.4) is 0 Å². The van der Waals surface area contributed by atoms with Crippen LogP contribution in [0.5, 0.6) is 0 Å². The van der Waals surface area contributed by atoms with Gasteiger partial charge in [0.25, 0.3) is 5.91 Å². The van der Waals surface area contributed by atoms with E-state index in [1.54, 1.807) is 0 Å². The van der Waals surface area contributed by atoms with Crippen molar-refractivity contribution in [1.82, 2.24) is 14.9 Å². The zero-order valence-electron chi connectivity index (χ0n) is 20.8. The van der Waals surface area contributed by atoms with E-state index in [4.69, 9.17) is 10.2 Å². The first-order valence-electron chi connectivity index (χ1n) is 12.7. The van der Waals surface area contributed by atoms with E-state index in [1.807, 2.05) is 30.0 Å². The molecule has 1 unspecified atom stereocenters. The minimum atomic E-state index is 0.0996. The number of anilines is 1. The highest BCUT2D eigenvalue weighted by atomic mass is 16.2. The van der Waals surface area contributed by atoms with Gasteiger partial charge in [-0.25, -0.2) is 4.98 Å². The number of hydrogen-bond donors (Lipinski definition) is 2. The molecule has 2 aromatic carbocycles. The molecule has 0 bridgehead atoms. The third-order valence-corrected chi connectivity index (χ3v) is 7.71. The van der Waals surface area contributed by atoms with Crippen molar-refractivity contribution in [2.24, 2.45) is 0 Å². The number of aromatic amines is 1. The minimum Gasteiger partial charge on any atom is -0.366 e. The van der Waals surface area contributed by atoms with Gasteiger partial charge in [0.2, 0.25) is 0 Å². The number of amides is 1. The van der Waals surface area contributed by atoms with Gasteiger partial charge in [0.15, 0.2) is 0 Å². The van der Waals surface area contributed by atoms with Gasteiger partial charge < -0.3 is 15.2 Å². The number of aryl methyl sites for hydroxylation is 3. The molecule has 1 saturated heterocycles. The Morgan fingerprint density at radius 3 is 2.54 bits per heavy atom. The Hall–Kier alpha value is -3.59. The van der Waals surface area contributed by atoms with Crippen molar-refractivity contribution < 1.29 is 4.79 Å². The van der Waals surface area contributed by atoms with Gasteiger partial charge in [0, 0.05) is 30.3 Å². The van der Waals surface area contributed by atoms with Gasteiger partial charge in [-0.2, -0.15) is 5.26 Å². The Morgan fingerprint density at radius 1 is 1.11 bits per heavy atom. The van der Waals surface area contributed by atoms with Crippen LogP contribution in [0.25, 0.3) is 11.4 Å². The number of nitriles is 1. The minimum absolute atomic E-state index is 0.0996. The molecular weight excluding hydrogens is 434 g/mol. The van der Waals surface area contributed by atoms with Gasteiger partial charge in [0.05, 0.1) is 17.3 Å². The number of likely N-dealkylation sites (tertiary alicyclic amines) is 1. The standard InChI is InChI=1S/C29H33N5O/c1-4-23-9-10-26-28(31-23)33-27(32-26)24-16-25(19(3)15-18(24)2)29(35)34-13-11-22(12-14-34)21-7-5-20(17-30)6-8-21/h5-8,15-16,22-23,31H,4,9-14H2,1-3H3,(H,32,33). The summed E-state index contributed by atoms with van der Waals surface area (Å²) < 4.78 is 0. The van der Waals surface area contributed by atoms with Crippen LogP contribution in [0.1, 0.15) is 76.8 Å². The summed E-state index contributed by atoms with van der Waals surface area (Å²) in [6.07, 6.45) is 5.07. The van der Waals surface area contributed by atoms with Crippen LogP contribution in [0.15, 0.2) is 36.4 Å². The molecule has 2 aliphatic rings. The van der Waals surface area contributed by atoms with Crippen molar-refractivity contribution in [3.8, 4) is 17.5 Å². The van der Waals surface area contributed by atoms with Crippen LogP contribution in [0, 0.1) is 25.2 Å². The van der Waals surface area contributed by atoms with Gasteiger partial charge >= 0.3 is 0 Å². The molecular formula is C29H33N5O. The van der Waals surface area contributed by atoms with Crippen LogP contribution < -0.4 is 5.32 Å². The number of carbonyl (C=O) groups is 1. The summed E-state index contributed by atoms with van der Waals surface area (Å²) in [6, 6.07) is 14.7. The van der Waals surface area contributed by atoms with Gasteiger partial charge in [-0.1, -0.05) is 25.1 Å². The summed E-state index contributed by atoms with van der Waals surface area (Å²) in [6.45, 7) is 7.79. The van der Waals surface area contributed by atoms with E-state index >= 15 is 0 Å². The van der Waals surface area contributed by atoms with E-state index in [2.05, 4.69) is 48.4 Å². The number of nitrogens with zero attached hydrogens (tertiary/aromatic N) is 3. The lowest BCUT2D eigenvalue weighted by atomic mass is 9.88. The maximum atomic E-state index is 13.6. The van der Waals surface area contributed by atoms with E-state index in [1.165, 1.54) is 5.56 Å². The summed E-state index contributed by atoms with van der Waals surface area (Å²) in [7, 11) is 0. The number of carbonyl (C=O) groups excluding carboxylic acids is 1. The molecule has 5 rings (SSSR count). The molecule has 1 atom stereocenters. The Kier molecular flexibility index (Phi) is 6.34. The third kappa shape index (κ3) is 4.55. The lowest BCUT2D eigenvalue weighted by molar-refractivity contribution is 0.0712. The SMILES string of the molecule is CCC1CCc2[nH]c(-c3cc(C(=O)N4CCC(c5ccc(C#N)cc5)CC4)c(C)cc3C)nc2N1. The second kappa shape index (κ2) is 9.58. The fourth-order valence-corrected chi connectivity index (χ4v) is 5.48. The smallest absolute Gasteiger partial charge is 0.254 e. The summed E-state index contributed by atoms with van der Waals surface area (Å²) in [5, 5.41) is 12.6. The molecule has 6 nitrogen and oxygen atoms in total. The van der Waals surface area contributed by atoms with Crippen LogP contribution in [-0.2, 0) is 6.42 Å². The molecule has 1 aromatic heterocycles. The third-order valence-electron chi connectivity index (χ3n) is 7.71. The number of fused-ring (bicyclic) bond motifs is 1. The maximum Gasteiger partial charge on any atom is 0.254 e. The highest BCUT2D eigenvalue weighted by Gasteiger charge is 2.27. The van der Waals surface area contributed by atoms with Crippen molar-refractivity contribution in [2.45, 2.75) is 64.8 Å². The lowest BCUT2D eigenvalue weighted by Crippen LogP contribution is -2.38. The van der Waals surface area contributed by atoms with Crippen molar-refractivity contribution in [2.75, 3.05) is 18.4 Å². The fraction of sp³-hybridized carbons (Fsp3) is 0.414.